The second-order valence-electron chi connectivity index (χ2n) is 5.06. The summed E-state index contributed by atoms with van der Waals surface area (Å²) >= 11 is 0. The van der Waals surface area contributed by atoms with E-state index in [1.165, 1.54) is 0 Å². The minimum Gasteiger partial charge on any atom is -0.479 e. The van der Waals surface area contributed by atoms with Gasteiger partial charge in [-0.05, 0) is 26.0 Å². The molecule has 1 aromatic rings. The minimum absolute atomic E-state index is 0.285. The van der Waals surface area contributed by atoms with Crippen LogP contribution in [-0.2, 0) is 19.1 Å². The van der Waals surface area contributed by atoms with E-state index in [-0.39, 0.29) is 6.61 Å². The van der Waals surface area contributed by atoms with Crippen molar-refractivity contribution in [3.63, 3.8) is 0 Å². The topological polar surface area (TPSA) is 174 Å². The van der Waals surface area contributed by atoms with Gasteiger partial charge in [-0.2, -0.15) is 0 Å². The van der Waals surface area contributed by atoms with Crippen LogP contribution in [0.25, 0.3) is 0 Å². The van der Waals surface area contributed by atoms with Gasteiger partial charge in [0.1, 0.15) is 6.04 Å². The summed E-state index contributed by atoms with van der Waals surface area (Å²) in [7, 11) is 0. The largest absolute Gasteiger partial charge is 0.479 e. The summed E-state index contributed by atoms with van der Waals surface area (Å²) in [4.78, 5) is 30.9. The lowest BCUT2D eigenvalue weighted by atomic mass is 10.2. The molecule has 0 heterocycles. The van der Waals surface area contributed by atoms with Crippen molar-refractivity contribution in [2.75, 3.05) is 18.5 Å². The zero-order chi connectivity index (χ0) is 20.3. The SMILES string of the molecule is CCOC(=O)[C@H](CO)Nc1ccc(C)cc1.O=C(O)[C@@H](O)[C@H](O)C(=O)O. The number of carboxylic acid groups (broad SMARTS) is 2. The van der Waals surface area contributed by atoms with E-state index in [0.717, 1.165) is 11.3 Å². The van der Waals surface area contributed by atoms with Crippen LogP contribution in [-0.4, -0.2) is 74.9 Å². The Bertz CT molecular complexity index is 570. The third-order valence-electron chi connectivity index (χ3n) is 2.95. The molecule has 0 spiro atoms. The molecule has 0 fully saturated rings. The van der Waals surface area contributed by atoms with E-state index in [4.69, 9.17) is 30.3 Å². The van der Waals surface area contributed by atoms with Crippen LogP contribution in [0, 0.1) is 6.92 Å². The van der Waals surface area contributed by atoms with Crippen molar-refractivity contribution in [1.29, 1.82) is 0 Å². The molecule has 3 atom stereocenters. The van der Waals surface area contributed by atoms with Crippen molar-refractivity contribution >= 4 is 23.6 Å². The maximum absolute atomic E-state index is 11.4. The van der Waals surface area contributed by atoms with E-state index in [1.54, 1.807) is 6.92 Å². The summed E-state index contributed by atoms with van der Waals surface area (Å²) in [5.74, 6) is -3.98. The fourth-order valence-electron chi connectivity index (χ4n) is 1.54. The highest BCUT2D eigenvalue weighted by atomic mass is 16.5. The van der Waals surface area contributed by atoms with Gasteiger partial charge in [0.25, 0.3) is 0 Å². The van der Waals surface area contributed by atoms with E-state index in [0.29, 0.717) is 6.61 Å². The lowest BCUT2D eigenvalue weighted by Crippen LogP contribution is -2.39. The molecule has 1 rings (SSSR count). The molecule has 0 amide bonds. The zero-order valence-electron chi connectivity index (χ0n) is 14.3. The number of aryl methyl sites for hydroxylation is 1. The first-order chi connectivity index (χ1) is 12.1. The number of carbonyl (C=O) groups is 3. The molecule has 0 saturated heterocycles. The number of hydrogen-bond acceptors (Lipinski definition) is 8. The number of hydrogen-bond donors (Lipinski definition) is 6. The lowest BCUT2D eigenvalue weighted by molar-refractivity contribution is -0.165. The van der Waals surface area contributed by atoms with Gasteiger partial charge in [-0.25, -0.2) is 14.4 Å². The first-order valence-corrected chi connectivity index (χ1v) is 7.56. The van der Waals surface area contributed by atoms with Crippen LogP contribution in [0.3, 0.4) is 0 Å². The van der Waals surface area contributed by atoms with Crippen LogP contribution < -0.4 is 5.32 Å². The summed E-state index contributed by atoms with van der Waals surface area (Å²) in [5, 5.41) is 44.5. The highest BCUT2D eigenvalue weighted by Crippen LogP contribution is 2.10. The number of carbonyl (C=O) groups excluding carboxylic acids is 1. The van der Waals surface area contributed by atoms with E-state index >= 15 is 0 Å². The maximum Gasteiger partial charge on any atom is 0.335 e. The van der Waals surface area contributed by atoms with E-state index in [2.05, 4.69) is 5.32 Å². The number of benzene rings is 1. The Hall–Kier alpha value is -2.69. The average molecular weight is 373 g/mol. The summed E-state index contributed by atoms with van der Waals surface area (Å²) < 4.78 is 4.83. The number of aliphatic hydroxyl groups is 3. The molecule has 0 bridgehead atoms. The van der Waals surface area contributed by atoms with E-state index in [1.807, 2.05) is 31.2 Å². The number of aliphatic hydroxyl groups excluding tert-OH is 3. The van der Waals surface area contributed by atoms with Gasteiger partial charge in [-0.3, -0.25) is 0 Å². The highest BCUT2D eigenvalue weighted by molar-refractivity contribution is 5.83. The van der Waals surface area contributed by atoms with Crippen LogP contribution in [0.1, 0.15) is 12.5 Å². The second-order valence-corrected chi connectivity index (χ2v) is 5.06. The summed E-state index contributed by atoms with van der Waals surface area (Å²) in [6, 6.07) is 6.88. The first kappa shape index (κ1) is 23.3. The lowest BCUT2D eigenvalue weighted by Gasteiger charge is -2.15. The molecule has 0 unspecified atom stereocenters. The monoisotopic (exact) mass is 373 g/mol. The Morgan fingerprint density at radius 3 is 1.85 bits per heavy atom. The van der Waals surface area contributed by atoms with Crippen molar-refractivity contribution in [2.24, 2.45) is 0 Å². The van der Waals surface area contributed by atoms with Crippen molar-refractivity contribution < 1.29 is 44.7 Å². The van der Waals surface area contributed by atoms with Crippen LogP contribution in [0.15, 0.2) is 24.3 Å². The van der Waals surface area contributed by atoms with Crippen molar-refractivity contribution in [2.45, 2.75) is 32.1 Å². The van der Waals surface area contributed by atoms with Gasteiger partial charge in [-0.15, -0.1) is 0 Å². The Kier molecular flexibility index (Phi) is 10.6. The van der Waals surface area contributed by atoms with Crippen LogP contribution in [0.4, 0.5) is 5.69 Å². The zero-order valence-corrected chi connectivity index (χ0v) is 14.3. The molecular weight excluding hydrogens is 350 g/mol. The van der Waals surface area contributed by atoms with Crippen molar-refractivity contribution in [1.82, 2.24) is 0 Å². The molecule has 26 heavy (non-hydrogen) atoms. The molecule has 0 radical (unpaired) electrons. The molecule has 10 nitrogen and oxygen atoms in total. The van der Waals surface area contributed by atoms with Gasteiger partial charge in [0, 0.05) is 5.69 Å². The van der Waals surface area contributed by atoms with Gasteiger partial charge >= 0.3 is 17.9 Å². The first-order valence-electron chi connectivity index (χ1n) is 7.56. The van der Waals surface area contributed by atoms with Crippen LogP contribution in [0.5, 0.6) is 0 Å². The molecule has 6 N–H and O–H groups in total. The molecule has 0 aliphatic heterocycles. The number of rotatable bonds is 8. The number of nitrogens with one attached hydrogen (secondary N) is 1. The Morgan fingerprint density at radius 2 is 1.50 bits per heavy atom. The predicted octanol–water partition coefficient (Wildman–Crippen LogP) is -0.792. The quantitative estimate of drug-likeness (QED) is 0.317. The Balaban J connectivity index is 0.000000541. The number of aliphatic carboxylic acids is 2. The van der Waals surface area contributed by atoms with Crippen LogP contribution >= 0.6 is 0 Å². The number of ether oxygens (including phenoxy) is 1. The number of anilines is 1. The minimum atomic E-state index is -2.27. The molecule has 0 aromatic heterocycles. The molecule has 146 valence electrons. The smallest absolute Gasteiger partial charge is 0.335 e. The summed E-state index contributed by atoms with van der Waals surface area (Å²) in [6.45, 7) is 3.74. The second kappa shape index (κ2) is 11.8. The predicted molar refractivity (Wildman–Crippen MR) is 89.6 cm³/mol. The van der Waals surface area contributed by atoms with Crippen molar-refractivity contribution in [3.8, 4) is 0 Å². The molecule has 10 heteroatoms. The van der Waals surface area contributed by atoms with Gasteiger partial charge in [0.2, 0.25) is 0 Å². The van der Waals surface area contributed by atoms with Gasteiger partial charge in [0.15, 0.2) is 12.2 Å². The molecule has 0 saturated carbocycles. The molecule has 1 aromatic carbocycles. The van der Waals surface area contributed by atoms with Gasteiger partial charge in [0.05, 0.1) is 13.2 Å². The maximum atomic E-state index is 11.4. The van der Waals surface area contributed by atoms with Crippen molar-refractivity contribution in [3.05, 3.63) is 29.8 Å². The Morgan fingerprint density at radius 1 is 1.04 bits per heavy atom. The number of carboxylic acids is 2. The van der Waals surface area contributed by atoms with Gasteiger partial charge < -0.3 is 35.6 Å². The van der Waals surface area contributed by atoms with Gasteiger partial charge in [-0.1, -0.05) is 17.7 Å². The molecular formula is C16H23NO9. The van der Waals surface area contributed by atoms with Crippen LogP contribution in [0.2, 0.25) is 0 Å². The summed E-state index contributed by atoms with van der Waals surface area (Å²) in [5.41, 5.74) is 1.93. The van der Waals surface area contributed by atoms with E-state index < -0.39 is 36.2 Å². The highest BCUT2D eigenvalue weighted by Gasteiger charge is 2.29. The fourth-order valence-corrected chi connectivity index (χ4v) is 1.54. The summed E-state index contributed by atoms with van der Waals surface area (Å²) in [6.07, 6.45) is -4.53. The van der Waals surface area contributed by atoms with E-state index in [9.17, 15) is 14.4 Å². The fraction of sp³-hybridized carbons (Fsp3) is 0.438. The standard InChI is InChI=1S/C12H17NO3.C4H6O6/c1-3-16-12(15)11(8-14)13-10-6-4-9(2)5-7-10;5-1(3(7)8)2(6)4(9)10/h4-7,11,13-14H,3,8H2,1-2H3;1-2,5-6H,(H,7,8)(H,9,10)/t11-;1-,2-/m00/s1. The molecule has 0 aliphatic carbocycles. The number of esters is 1. The average Bonchev–Trinajstić information content (AvgIpc) is 2.60. The molecule has 0 aliphatic rings. The normalized spacial score (nSPS) is 13.4. The third kappa shape index (κ3) is 8.42. The Labute approximate surface area is 149 Å². The third-order valence-corrected chi connectivity index (χ3v) is 2.95.